The number of hydrogen-bond donors (Lipinski definition) is 0. The summed E-state index contributed by atoms with van der Waals surface area (Å²) in [5, 5.41) is 1.29. The Morgan fingerprint density at radius 2 is 2.00 bits per heavy atom. The third kappa shape index (κ3) is 2.88. The summed E-state index contributed by atoms with van der Waals surface area (Å²) in [7, 11) is 2.16. The molecular weight excluding hydrogens is 102 g/mol. The average Bonchev–Trinajstić information content (AvgIpc) is 1.65. The Morgan fingerprint density at radius 3 is 2.00 bits per heavy atom. The molecular formula is C5H11BP. The van der Waals surface area contributed by atoms with Crippen LogP contribution in [0.25, 0.3) is 0 Å². The Hall–Kier alpha value is 0.235. The van der Waals surface area contributed by atoms with Crippen molar-refractivity contribution < 1.29 is 0 Å². The van der Waals surface area contributed by atoms with Gasteiger partial charge in [-0.3, -0.25) is 0 Å². The summed E-state index contributed by atoms with van der Waals surface area (Å²) >= 11 is 0. The van der Waals surface area contributed by atoms with Crippen LogP contribution in [0.5, 0.6) is 0 Å². The van der Waals surface area contributed by atoms with Crippen LogP contribution in [0, 0.1) is 0 Å². The van der Waals surface area contributed by atoms with E-state index in [0.29, 0.717) is 0 Å². The fourth-order valence-electron chi connectivity index (χ4n) is 0.258. The van der Waals surface area contributed by atoms with Gasteiger partial charge in [0.2, 0.25) is 0 Å². The fraction of sp³-hybridized carbons (Fsp3) is 0.600. The predicted octanol–water partition coefficient (Wildman–Crippen LogP) is 1.95. The van der Waals surface area contributed by atoms with Crippen molar-refractivity contribution in [2.75, 3.05) is 13.3 Å². The van der Waals surface area contributed by atoms with Gasteiger partial charge in [0, 0.05) is 0 Å². The molecule has 39 valence electrons. The SMILES string of the molecule is C=C([B]C)P(C)C. The van der Waals surface area contributed by atoms with Crippen molar-refractivity contribution in [1.82, 2.24) is 0 Å². The normalized spacial score (nSPS) is 9.14. The monoisotopic (exact) mass is 113 g/mol. The van der Waals surface area contributed by atoms with E-state index in [1.807, 2.05) is 6.82 Å². The molecule has 0 nitrogen and oxygen atoms in total. The Balaban J connectivity index is 3.35. The first-order valence-electron chi connectivity index (χ1n) is 2.34. The van der Waals surface area contributed by atoms with E-state index in [1.54, 1.807) is 0 Å². The smallest absolute Gasteiger partial charge is 0.105 e. The lowest BCUT2D eigenvalue weighted by atomic mass is 9.83. The lowest BCUT2D eigenvalue weighted by molar-refractivity contribution is 2.10. The van der Waals surface area contributed by atoms with Crippen molar-refractivity contribution in [2.45, 2.75) is 6.82 Å². The van der Waals surface area contributed by atoms with E-state index in [9.17, 15) is 0 Å². The highest BCUT2D eigenvalue weighted by Gasteiger charge is 1.93. The van der Waals surface area contributed by atoms with Crippen LogP contribution in [0.15, 0.2) is 11.8 Å². The van der Waals surface area contributed by atoms with Crippen LogP contribution in [0.1, 0.15) is 0 Å². The minimum atomic E-state index is 0.0882. The van der Waals surface area contributed by atoms with Gasteiger partial charge in [0.05, 0.1) is 0 Å². The summed E-state index contributed by atoms with van der Waals surface area (Å²) in [5.74, 6) is 0. The molecule has 0 aromatic heterocycles. The maximum atomic E-state index is 3.85. The number of hydrogen-bond acceptors (Lipinski definition) is 0. The van der Waals surface area contributed by atoms with Crippen LogP contribution in [0.4, 0.5) is 0 Å². The van der Waals surface area contributed by atoms with Crippen LogP contribution < -0.4 is 0 Å². The molecule has 0 aromatic carbocycles. The molecule has 0 unspecified atom stereocenters. The molecule has 0 aliphatic rings. The van der Waals surface area contributed by atoms with Gasteiger partial charge in [-0.25, -0.2) is 0 Å². The van der Waals surface area contributed by atoms with Crippen LogP contribution in [-0.4, -0.2) is 20.6 Å². The minimum Gasteiger partial charge on any atom is -0.105 e. The second kappa shape index (κ2) is 3.26. The van der Waals surface area contributed by atoms with Gasteiger partial charge >= 0.3 is 0 Å². The van der Waals surface area contributed by atoms with Gasteiger partial charge in [0.1, 0.15) is 7.28 Å². The second-order valence-electron chi connectivity index (χ2n) is 1.67. The van der Waals surface area contributed by atoms with Gasteiger partial charge < -0.3 is 0 Å². The maximum absolute atomic E-state index is 3.85. The molecule has 0 spiro atoms. The van der Waals surface area contributed by atoms with Crippen LogP contribution in [0.2, 0.25) is 6.82 Å². The molecule has 0 saturated carbocycles. The summed E-state index contributed by atoms with van der Waals surface area (Å²) in [5.41, 5.74) is 0. The third-order valence-corrected chi connectivity index (χ3v) is 2.31. The molecule has 0 rings (SSSR count). The highest BCUT2D eigenvalue weighted by Crippen LogP contribution is 2.33. The molecule has 0 aromatic rings. The molecule has 0 aliphatic carbocycles. The summed E-state index contributed by atoms with van der Waals surface area (Å²) in [6.45, 7) is 10.3. The second-order valence-corrected chi connectivity index (χ2v) is 4.04. The van der Waals surface area contributed by atoms with E-state index in [2.05, 4.69) is 27.2 Å². The van der Waals surface area contributed by atoms with Gasteiger partial charge in [0.15, 0.2) is 0 Å². The lowest BCUT2D eigenvalue weighted by Crippen LogP contribution is -1.83. The topological polar surface area (TPSA) is 0 Å². The van der Waals surface area contributed by atoms with Gasteiger partial charge in [-0.1, -0.05) is 20.0 Å². The van der Waals surface area contributed by atoms with Crippen LogP contribution in [0.3, 0.4) is 0 Å². The predicted molar refractivity (Wildman–Crippen MR) is 39.5 cm³/mol. The largest absolute Gasteiger partial charge is 0.148 e. The average molecular weight is 113 g/mol. The first-order chi connectivity index (χ1) is 3.18. The quantitative estimate of drug-likeness (QED) is 0.379. The van der Waals surface area contributed by atoms with E-state index in [-0.39, 0.29) is 7.92 Å². The Labute approximate surface area is 48.0 Å². The molecule has 7 heavy (non-hydrogen) atoms. The number of rotatable bonds is 2. The zero-order valence-electron chi connectivity index (χ0n) is 5.23. The van der Waals surface area contributed by atoms with E-state index in [1.165, 1.54) is 5.21 Å². The Kier molecular flexibility index (Phi) is 3.37. The van der Waals surface area contributed by atoms with Gasteiger partial charge in [-0.15, -0.1) is 6.58 Å². The maximum Gasteiger partial charge on any atom is 0.148 e. The highest BCUT2D eigenvalue weighted by atomic mass is 31.1. The van der Waals surface area contributed by atoms with Crippen molar-refractivity contribution in [3.05, 3.63) is 11.8 Å². The molecule has 0 N–H and O–H groups in total. The van der Waals surface area contributed by atoms with Gasteiger partial charge in [-0.2, -0.15) is 0 Å². The van der Waals surface area contributed by atoms with E-state index in [0.717, 1.165) is 0 Å². The lowest BCUT2D eigenvalue weighted by Gasteiger charge is -2.03. The zero-order valence-corrected chi connectivity index (χ0v) is 6.13. The Morgan fingerprint density at radius 1 is 1.57 bits per heavy atom. The molecule has 0 fully saturated rings. The van der Waals surface area contributed by atoms with Crippen LogP contribution in [-0.2, 0) is 0 Å². The van der Waals surface area contributed by atoms with Crippen molar-refractivity contribution in [1.29, 1.82) is 0 Å². The van der Waals surface area contributed by atoms with Gasteiger partial charge in [0.25, 0.3) is 0 Å². The first kappa shape index (κ1) is 7.23. The van der Waals surface area contributed by atoms with Crippen LogP contribution >= 0.6 is 7.92 Å². The molecule has 0 saturated heterocycles. The molecule has 0 amide bonds. The molecule has 0 atom stereocenters. The van der Waals surface area contributed by atoms with E-state index < -0.39 is 0 Å². The van der Waals surface area contributed by atoms with Crippen molar-refractivity contribution in [2.24, 2.45) is 0 Å². The van der Waals surface area contributed by atoms with E-state index >= 15 is 0 Å². The summed E-state index contributed by atoms with van der Waals surface area (Å²) in [6.07, 6.45) is 0. The molecule has 0 bridgehead atoms. The summed E-state index contributed by atoms with van der Waals surface area (Å²) in [4.78, 5) is 0. The fourth-order valence-corrected chi connectivity index (χ4v) is 0.775. The molecule has 0 heterocycles. The Bertz CT molecular complexity index is 68.5. The minimum absolute atomic E-state index is 0.0882. The van der Waals surface area contributed by atoms with Crippen molar-refractivity contribution in [3.8, 4) is 0 Å². The van der Waals surface area contributed by atoms with Crippen molar-refractivity contribution in [3.63, 3.8) is 0 Å². The van der Waals surface area contributed by atoms with E-state index in [4.69, 9.17) is 0 Å². The van der Waals surface area contributed by atoms with Gasteiger partial charge in [-0.05, 0) is 13.3 Å². The zero-order chi connectivity index (χ0) is 5.86. The van der Waals surface area contributed by atoms with Crippen molar-refractivity contribution >= 4 is 15.2 Å². The summed E-state index contributed by atoms with van der Waals surface area (Å²) < 4.78 is 0. The molecule has 2 heteroatoms. The highest BCUT2D eigenvalue weighted by molar-refractivity contribution is 7.63. The molecule has 0 aliphatic heterocycles. The first-order valence-corrected chi connectivity index (χ1v) is 4.57. The molecule has 1 radical (unpaired) electrons. The standard InChI is InChI=1S/C5H11BP/c1-5(6-2)7(3)4/h1H2,2-4H3. The third-order valence-electron chi connectivity index (χ3n) is 0.908. The summed E-state index contributed by atoms with van der Waals surface area (Å²) in [6, 6.07) is 0.